The maximum Gasteiger partial charge on any atom is 0.314 e. The molecule has 0 bridgehead atoms. The van der Waals surface area contributed by atoms with Gasteiger partial charge in [-0.2, -0.15) is 0 Å². The number of carbonyl (C=O) groups is 2. The van der Waals surface area contributed by atoms with Gasteiger partial charge in [0.15, 0.2) is 0 Å². The van der Waals surface area contributed by atoms with Crippen LogP contribution >= 0.6 is 0 Å². The van der Waals surface area contributed by atoms with E-state index in [1.165, 1.54) is 20.8 Å². The fourth-order valence-corrected chi connectivity index (χ4v) is 0.411. The van der Waals surface area contributed by atoms with E-state index in [1.807, 2.05) is 10.9 Å². The first kappa shape index (κ1) is 11.5. The van der Waals surface area contributed by atoms with Crippen LogP contribution in [0.25, 0.3) is 0 Å². The number of hydrazine groups is 1. The van der Waals surface area contributed by atoms with Gasteiger partial charge in [0.2, 0.25) is 0 Å². The van der Waals surface area contributed by atoms with Crippen LogP contribution in [0.15, 0.2) is 0 Å². The molecule has 0 aliphatic rings. The Hall–Kier alpha value is -1.54. The minimum atomic E-state index is -1.52. The number of aliphatic hydroxyl groups is 1. The summed E-state index contributed by atoms with van der Waals surface area (Å²) >= 11 is 0. The van der Waals surface area contributed by atoms with E-state index in [4.69, 9.17) is 5.11 Å². The number of hydrogen-bond acceptors (Lipinski definition) is 3. The van der Waals surface area contributed by atoms with Crippen molar-refractivity contribution in [3.8, 4) is 11.8 Å². The standard InChI is InChI=1S/C8H12N2O3/c1-4-5-6(11)9-10-7(12)8(2,3)13/h13H,1-3H3,(H,9,11)(H,10,12). The fraction of sp³-hybridized carbons (Fsp3) is 0.500. The van der Waals surface area contributed by atoms with Gasteiger partial charge in [-0.3, -0.25) is 20.4 Å². The summed E-state index contributed by atoms with van der Waals surface area (Å²) in [4.78, 5) is 21.6. The Balaban J connectivity index is 3.96. The highest BCUT2D eigenvalue weighted by Gasteiger charge is 2.23. The van der Waals surface area contributed by atoms with Gasteiger partial charge in [0.25, 0.3) is 5.91 Å². The maximum atomic E-state index is 10.9. The molecule has 0 aliphatic heterocycles. The molecule has 0 radical (unpaired) electrons. The van der Waals surface area contributed by atoms with E-state index < -0.39 is 17.4 Å². The summed E-state index contributed by atoms with van der Waals surface area (Å²) in [5.74, 6) is 3.19. The Morgan fingerprint density at radius 1 is 1.31 bits per heavy atom. The second kappa shape index (κ2) is 4.48. The van der Waals surface area contributed by atoms with E-state index >= 15 is 0 Å². The molecule has 0 saturated carbocycles. The van der Waals surface area contributed by atoms with Gasteiger partial charge >= 0.3 is 5.91 Å². The topological polar surface area (TPSA) is 78.4 Å². The fourth-order valence-electron chi connectivity index (χ4n) is 0.411. The lowest BCUT2D eigenvalue weighted by atomic mass is 10.1. The van der Waals surface area contributed by atoms with Crippen LogP contribution in [0, 0.1) is 11.8 Å². The Morgan fingerprint density at radius 3 is 2.23 bits per heavy atom. The molecule has 0 saturated heterocycles. The van der Waals surface area contributed by atoms with Crippen LogP contribution in [0.1, 0.15) is 20.8 Å². The molecule has 0 unspecified atom stereocenters. The summed E-state index contributed by atoms with van der Waals surface area (Å²) in [6.45, 7) is 4.11. The van der Waals surface area contributed by atoms with Gasteiger partial charge in [0, 0.05) is 0 Å². The van der Waals surface area contributed by atoms with Crippen molar-refractivity contribution in [2.75, 3.05) is 0 Å². The van der Waals surface area contributed by atoms with Gasteiger partial charge in [0.1, 0.15) is 5.60 Å². The molecular formula is C8H12N2O3. The number of rotatable bonds is 1. The molecule has 0 heterocycles. The molecule has 3 N–H and O–H groups in total. The predicted molar refractivity (Wildman–Crippen MR) is 46.0 cm³/mol. The average molecular weight is 184 g/mol. The molecule has 72 valence electrons. The first-order chi connectivity index (χ1) is 5.88. The van der Waals surface area contributed by atoms with Crippen molar-refractivity contribution >= 4 is 11.8 Å². The highest BCUT2D eigenvalue weighted by molar-refractivity contribution is 5.95. The Kier molecular flexibility index (Phi) is 3.95. The molecule has 5 nitrogen and oxygen atoms in total. The lowest BCUT2D eigenvalue weighted by molar-refractivity contribution is -0.139. The van der Waals surface area contributed by atoms with E-state index in [1.54, 1.807) is 0 Å². The normalized spacial score (nSPS) is 9.54. The Bertz CT molecular complexity index is 267. The molecule has 0 aliphatic carbocycles. The zero-order valence-corrected chi connectivity index (χ0v) is 7.76. The molecule has 0 spiro atoms. The van der Waals surface area contributed by atoms with Crippen molar-refractivity contribution < 1.29 is 14.7 Å². The largest absolute Gasteiger partial charge is 0.381 e. The van der Waals surface area contributed by atoms with Gasteiger partial charge in [-0.1, -0.05) is 5.92 Å². The zero-order valence-electron chi connectivity index (χ0n) is 7.76. The van der Waals surface area contributed by atoms with Gasteiger partial charge < -0.3 is 5.11 Å². The molecule has 0 rings (SSSR count). The van der Waals surface area contributed by atoms with Crippen molar-refractivity contribution in [1.29, 1.82) is 0 Å². The average Bonchev–Trinajstić information content (AvgIpc) is 1.99. The van der Waals surface area contributed by atoms with E-state index in [9.17, 15) is 9.59 Å². The first-order valence-corrected chi connectivity index (χ1v) is 3.63. The van der Waals surface area contributed by atoms with Crippen LogP contribution < -0.4 is 10.9 Å². The summed E-state index contributed by atoms with van der Waals surface area (Å²) in [5, 5.41) is 9.13. The SMILES string of the molecule is CC#CC(=O)NNC(=O)C(C)(C)O. The predicted octanol–water partition coefficient (Wildman–Crippen LogP) is -1.07. The molecular weight excluding hydrogens is 172 g/mol. The van der Waals surface area contributed by atoms with E-state index in [-0.39, 0.29) is 0 Å². The van der Waals surface area contributed by atoms with Gasteiger partial charge in [-0.15, -0.1) is 0 Å². The van der Waals surface area contributed by atoms with Crippen LogP contribution in [-0.2, 0) is 9.59 Å². The molecule has 0 aromatic heterocycles. The van der Waals surface area contributed by atoms with Crippen LogP contribution in [0.3, 0.4) is 0 Å². The summed E-state index contributed by atoms with van der Waals surface area (Å²) in [6, 6.07) is 0. The highest BCUT2D eigenvalue weighted by atomic mass is 16.3. The van der Waals surface area contributed by atoms with Crippen LogP contribution in [0.5, 0.6) is 0 Å². The Morgan fingerprint density at radius 2 is 1.85 bits per heavy atom. The first-order valence-electron chi connectivity index (χ1n) is 3.63. The third kappa shape index (κ3) is 4.82. The lowest BCUT2D eigenvalue weighted by Gasteiger charge is -2.15. The van der Waals surface area contributed by atoms with E-state index in [2.05, 4.69) is 11.8 Å². The minimum absolute atomic E-state index is 0.625. The van der Waals surface area contributed by atoms with Gasteiger partial charge in [-0.25, -0.2) is 0 Å². The van der Waals surface area contributed by atoms with E-state index in [0.717, 1.165) is 0 Å². The summed E-state index contributed by atoms with van der Waals surface area (Å²) in [6.07, 6.45) is 0. The molecule has 2 amide bonds. The smallest absolute Gasteiger partial charge is 0.314 e. The van der Waals surface area contributed by atoms with Crippen LogP contribution in [-0.4, -0.2) is 22.5 Å². The summed E-state index contributed by atoms with van der Waals surface area (Å²) < 4.78 is 0. The zero-order chi connectivity index (χ0) is 10.5. The number of carbonyl (C=O) groups excluding carboxylic acids is 2. The molecule has 5 heteroatoms. The number of amides is 2. The van der Waals surface area contributed by atoms with Gasteiger partial charge in [-0.05, 0) is 26.7 Å². The van der Waals surface area contributed by atoms with Crippen molar-refractivity contribution in [3.63, 3.8) is 0 Å². The number of nitrogens with one attached hydrogen (secondary N) is 2. The molecule has 13 heavy (non-hydrogen) atoms. The maximum absolute atomic E-state index is 10.9. The van der Waals surface area contributed by atoms with E-state index in [0.29, 0.717) is 0 Å². The van der Waals surface area contributed by atoms with Crippen molar-refractivity contribution in [3.05, 3.63) is 0 Å². The van der Waals surface area contributed by atoms with Crippen molar-refractivity contribution in [1.82, 2.24) is 10.9 Å². The van der Waals surface area contributed by atoms with Crippen LogP contribution in [0.2, 0.25) is 0 Å². The second-order valence-corrected chi connectivity index (χ2v) is 2.84. The third-order valence-electron chi connectivity index (χ3n) is 1.08. The minimum Gasteiger partial charge on any atom is -0.381 e. The monoisotopic (exact) mass is 184 g/mol. The summed E-state index contributed by atoms with van der Waals surface area (Å²) in [5.41, 5.74) is 2.51. The Labute approximate surface area is 76.5 Å². The third-order valence-corrected chi connectivity index (χ3v) is 1.08. The quantitative estimate of drug-likeness (QED) is 0.358. The summed E-state index contributed by atoms with van der Waals surface area (Å²) in [7, 11) is 0. The molecule has 0 aromatic rings. The molecule has 0 fully saturated rings. The molecule has 0 aromatic carbocycles. The highest BCUT2D eigenvalue weighted by Crippen LogP contribution is 1.98. The van der Waals surface area contributed by atoms with Gasteiger partial charge in [0.05, 0.1) is 0 Å². The lowest BCUT2D eigenvalue weighted by Crippen LogP contribution is -2.50. The molecule has 0 atom stereocenters. The van der Waals surface area contributed by atoms with Crippen molar-refractivity contribution in [2.24, 2.45) is 0 Å². The number of hydrogen-bond donors (Lipinski definition) is 3. The van der Waals surface area contributed by atoms with Crippen molar-refractivity contribution in [2.45, 2.75) is 26.4 Å². The van der Waals surface area contributed by atoms with Crippen LogP contribution in [0.4, 0.5) is 0 Å². The second-order valence-electron chi connectivity index (χ2n) is 2.84.